The molecule has 0 atom stereocenters. The molecule has 32 heavy (non-hydrogen) atoms. The van der Waals surface area contributed by atoms with Gasteiger partial charge in [-0.05, 0) is 28.8 Å². The molecule has 1 heterocycles. The van der Waals surface area contributed by atoms with Gasteiger partial charge >= 0.3 is 0 Å². The van der Waals surface area contributed by atoms with E-state index in [4.69, 9.17) is 5.14 Å². The Hall–Kier alpha value is -3.00. The molecule has 6 nitrogen and oxygen atoms in total. The average molecular weight is 450 g/mol. The maximum Gasteiger partial charge on any atom is 0.238 e. The molecule has 1 aliphatic heterocycles. The summed E-state index contributed by atoms with van der Waals surface area (Å²) in [6.45, 7) is 2.88. The minimum absolute atomic E-state index is 0.0453. The van der Waals surface area contributed by atoms with Gasteiger partial charge in [-0.1, -0.05) is 72.8 Å². The molecule has 166 valence electrons. The number of carbonyl (C=O) groups excluding carboxylic acids is 1. The summed E-state index contributed by atoms with van der Waals surface area (Å²) in [6, 6.07) is 27.2. The van der Waals surface area contributed by atoms with Crippen LogP contribution in [0.25, 0.3) is 0 Å². The van der Waals surface area contributed by atoms with Crippen molar-refractivity contribution < 1.29 is 13.2 Å². The summed E-state index contributed by atoms with van der Waals surface area (Å²) < 4.78 is 22.8. The predicted octanol–water partition coefficient (Wildman–Crippen LogP) is 2.81. The quantitative estimate of drug-likeness (QED) is 0.627. The van der Waals surface area contributed by atoms with Crippen LogP contribution in [0.5, 0.6) is 0 Å². The lowest BCUT2D eigenvalue weighted by Gasteiger charge is -2.40. The Balaban J connectivity index is 1.42. The first kappa shape index (κ1) is 22.2. The minimum atomic E-state index is -3.73. The predicted molar refractivity (Wildman–Crippen MR) is 124 cm³/mol. The number of piperazine rings is 1. The number of hydrogen-bond donors (Lipinski definition) is 1. The van der Waals surface area contributed by atoms with Gasteiger partial charge in [0, 0.05) is 26.2 Å². The highest BCUT2D eigenvalue weighted by molar-refractivity contribution is 7.89. The van der Waals surface area contributed by atoms with E-state index in [-0.39, 0.29) is 23.3 Å². The van der Waals surface area contributed by atoms with Gasteiger partial charge in [0.2, 0.25) is 15.9 Å². The standard InChI is InChI=1S/C25H27N3O3S/c26-32(30,31)23-13-11-20(12-14-23)19-24(29)27-15-17-28(18-16-27)25(21-7-3-1-4-8-21)22-9-5-2-6-10-22/h1-14,25H,15-19H2,(H2,26,30,31). The van der Waals surface area contributed by atoms with Crippen LogP contribution < -0.4 is 5.14 Å². The van der Waals surface area contributed by atoms with E-state index in [0.29, 0.717) is 13.1 Å². The van der Waals surface area contributed by atoms with Crippen molar-refractivity contribution in [3.05, 3.63) is 102 Å². The molecule has 0 aromatic heterocycles. The van der Waals surface area contributed by atoms with Crippen LogP contribution >= 0.6 is 0 Å². The third-order valence-corrected chi connectivity index (χ3v) is 6.80. The topological polar surface area (TPSA) is 83.7 Å². The molecule has 1 amide bonds. The Morgan fingerprint density at radius 2 is 1.28 bits per heavy atom. The summed E-state index contributed by atoms with van der Waals surface area (Å²) in [5, 5.41) is 5.14. The van der Waals surface area contributed by atoms with Crippen LogP contribution in [-0.4, -0.2) is 50.3 Å². The van der Waals surface area contributed by atoms with Gasteiger partial charge in [-0.15, -0.1) is 0 Å². The third kappa shape index (κ3) is 5.24. The zero-order chi connectivity index (χ0) is 22.6. The van der Waals surface area contributed by atoms with Crippen LogP contribution in [0, 0.1) is 0 Å². The van der Waals surface area contributed by atoms with Crippen LogP contribution in [0.15, 0.2) is 89.8 Å². The average Bonchev–Trinajstić information content (AvgIpc) is 2.81. The van der Waals surface area contributed by atoms with Crippen molar-refractivity contribution in [3.63, 3.8) is 0 Å². The van der Waals surface area contributed by atoms with Gasteiger partial charge in [0.05, 0.1) is 17.4 Å². The number of benzene rings is 3. The van der Waals surface area contributed by atoms with E-state index in [1.165, 1.54) is 23.3 Å². The molecule has 1 saturated heterocycles. The smallest absolute Gasteiger partial charge is 0.238 e. The second kappa shape index (κ2) is 9.65. The molecular formula is C25H27N3O3S. The molecule has 0 saturated carbocycles. The van der Waals surface area contributed by atoms with E-state index in [9.17, 15) is 13.2 Å². The number of hydrogen-bond acceptors (Lipinski definition) is 4. The number of nitrogens with two attached hydrogens (primary N) is 1. The molecule has 0 spiro atoms. The largest absolute Gasteiger partial charge is 0.340 e. The number of rotatable bonds is 6. The molecule has 4 rings (SSSR count). The fourth-order valence-corrected chi connectivity index (χ4v) is 4.71. The molecule has 0 radical (unpaired) electrons. The maximum absolute atomic E-state index is 12.8. The summed E-state index contributed by atoms with van der Waals surface area (Å²) in [4.78, 5) is 17.2. The third-order valence-electron chi connectivity index (χ3n) is 5.87. The molecule has 2 N–H and O–H groups in total. The lowest BCUT2D eigenvalue weighted by Crippen LogP contribution is -2.50. The summed E-state index contributed by atoms with van der Waals surface area (Å²) in [6.07, 6.45) is 0.242. The Morgan fingerprint density at radius 1 is 0.781 bits per heavy atom. The van der Waals surface area contributed by atoms with E-state index < -0.39 is 10.0 Å². The van der Waals surface area contributed by atoms with Crippen molar-refractivity contribution in [2.45, 2.75) is 17.4 Å². The van der Waals surface area contributed by atoms with Crippen molar-refractivity contribution in [1.82, 2.24) is 9.80 Å². The normalized spacial score (nSPS) is 15.1. The summed E-state index contributed by atoms with van der Waals surface area (Å²) in [7, 11) is -3.73. The Kier molecular flexibility index (Phi) is 6.69. The molecule has 0 aliphatic carbocycles. The highest BCUT2D eigenvalue weighted by Gasteiger charge is 2.28. The Bertz CT molecular complexity index is 1100. The van der Waals surface area contributed by atoms with Gasteiger partial charge in [0.25, 0.3) is 0 Å². The lowest BCUT2D eigenvalue weighted by molar-refractivity contribution is -0.132. The van der Waals surface area contributed by atoms with Crippen LogP contribution in [0.2, 0.25) is 0 Å². The van der Waals surface area contributed by atoms with Crippen molar-refractivity contribution in [3.8, 4) is 0 Å². The monoisotopic (exact) mass is 449 g/mol. The molecular weight excluding hydrogens is 422 g/mol. The van der Waals surface area contributed by atoms with Crippen molar-refractivity contribution in [2.75, 3.05) is 26.2 Å². The molecule has 0 bridgehead atoms. The van der Waals surface area contributed by atoms with Gasteiger partial charge < -0.3 is 4.90 Å². The minimum Gasteiger partial charge on any atom is -0.340 e. The zero-order valence-corrected chi connectivity index (χ0v) is 18.6. The molecule has 1 fully saturated rings. The van der Waals surface area contributed by atoms with Crippen LogP contribution in [-0.2, 0) is 21.2 Å². The molecule has 0 unspecified atom stereocenters. The summed E-state index contributed by atoms with van der Waals surface area (Å²) in [5.74, 6) is 0.0453. The van der Waals surface area contributed by atoms with Gasteiger partial charge in [0.1, 0.15) is 0 Å². The Labute approximate surface area is 189 Å². The van der Waals surface area contributed by atoms with E-state index in [2.05, 4.69) is 53.4 Å². The second-order valence-electron chi connectivity index (χ2n) is 8.01. The van der Waals surface area contributed by atoms with Crippen LogP contribution in [0.3, 0.4) is 0 Å². The molecule has 1 aliphatic rings. The number of amides is 1. The molecule has 7 heteroatoms. The maximum atomic E-state index is 12.8. The number of nitrogens with zero attached hydrogens (tertiary/aromatic N) is 2. The Morgan fingerprint density at radius 3 is 1.75 bits per heavy atom. The fourth-order valence-electron chi connectivity index (χ4n) is 4.20. The SMILES string of the molecule is NS(=O)(=O)c1ccc(CC(=O)N2CCN(C(c3ccccc3)c3ccccc3)CC2)cc1. The van der Waals surface area contributed by atoms with E-state index in [1.807, 2.05) is 17.0 Å². The first-order chi connectivity index (χ1) is 15.4. The number of carbonyl (C=O) groups is 1. The fraction of sp³-hybridized carbons (Fsp3) is 0.240. The first-order valence-corrected chi connectivity index (χ1v) is 12.2. The van der Waals surface area contributed by atoms with E-state index >= 15 is 0 Å². The molecule has 3 aromatic carbocycles. The van der Waals surface area contributed by atoms with E-state index in [0.717, 1.165) is 18.7 Å². The van der Waals surface area contributed by atoms with Crippen molar-refractivity contribution >= 4 is 15.9 Å². The number of sulfonamides is 1. The highest BCUT2D eigenvalue weighted by atomic mass is 32.2. The molecule has 3 aromatic rings. The van der Waals surface area contributed by atoms with Crippen LogP contribution in [0.4, 0.5) is 0 Å². The van der Waals surface area contributed by atoms with Crippen LogP contribution in [0.1, 0.15) is 22.7 Å². The van der Waals surface area contributed by atoms with Gasteiger partial charge in [-0.3, -0.25) is 9.69 Å². The highest BCUT2D eigenvalue weighted by Crippen LogP contribution is 2.29. The second-order valence-corrected chi connectivity index (χ2v) is 9.57. The van der Waals surface area contributed by atoms with E-state index in [1.54, 1.807) is 12.1 Å². The van der Waals surface area contributed by atoms with Gasteiger partial charge in [-0.25, -0.2) is 13.6 Å². The lowest BCUT2D eigenvalue weighted by atomic mass is 9.96. The van der Waals surface area contributed by atoms with Crippen molar-refractivity contribution in [1.29, 1.82) is 0 Å². The van der Waals surface area contributed by atoms with Crippen molar-refractivity contribution in [2.24, 2.45) is 5.14 Å². The first-order valence-electron chi connectivity index (χ1n) is 10.7. The summed E-state index contributed by atoms with van der Waals surface area (Å²) >= 11 is 0. The van der Waals surface area contributed by atoms with Gasteiger partial charge in [0.15, 0.2) is 0 Å². The summed E-state index contributed by atoms with van der Waals surface area (Å²) in [5.41, 5.74) is 3.26. The number of primary sulfonamides is 1. The zero-order valence-electron chi connectivity index (χ0n) is 17.8. The van der Waals surface area contributed by atoms with Gasteiger partial charge in [-0.2, -0.15) is 0 Å².